The molecule has 0 unspecified atom stereocenters. The fraction of sp³-hybridized carbons (Fsp3) is 0. The van der Waals surface area contributed by atoms with Crippen molar-refractivity contribution in [3.05, 3.63) is 108 Å². The monoisotopic (exact) mass is 874 g/mol. The van der Waals surface area contributed by atoms with Gasteiger partial charge < -0.3 is 18.2 Å². The van der Waals surface area contributed by atoms with Crippen LogP contribution in [0.5, 0.6) is 0 Å². The van der Waals surface area contributed by atoms with E-state index in [9.17, 15) is 51.9 Å². The first-order valence-corrected chi connectivity index (χ1v) is 19.8. The molecule has 2 heterocycles. The van der Waals surface area contributed by atoms with Gasteiger partial charge in [0.05, 0.1) is 43.4 Å². The molecule has 0 radical (unpaired) electrons. The van der Waals surface area contributed by atoms with Crippen molar-refractivity contribution in [2.24, 2.45) is 0 Å². The summed E-state index contributed by atoms with van der Waals surface area (Å²) in [6, 6.07) is 16.7. The van der Waals surface area contributed by atoms with Gasteiger partial charge in [0, 0.05) is 11.1 Å². The van der Waals surface area contributed by atoms with E-state index in [0.717, 1.165) is 58.1 Å². The Balaban J connectivity index is 0.00000271. The van der Waals surface area contributed by atoms with E-state index in [1.807, 2.05) is 0 Å². The van der Waals surface area contributed by atoms with E-state index in [0.29, 0.717) is 11.1 Å². The maximum Gasteiger partial charge on any atom is 1.00 e. The summed E-state index contributed by atoms with van der Waals surface area (Å²) in [4.78, 5) is -0.386. The third-order valence-corrected chi connectivity index (χ3v) is 10.8. The van der Waals surface area contributed by atoms with Crippen LogP contribution in [0.1, 0.15) is 11.1 Å². The van der Waals surface area contributed by atoms with E-state index >= 15 is 0 Å². The molecule has 0 saturated heterocycles. The summed E-state index contributed by atoms with van der Waals surface area (Å²) in [5.74, 6) is 0. The molecule has 56 heavy (non-hydrogen) atoms. The molecule has 0 amide bonds. The summed E-state index contributed by atoms with van der Waals surface area (Å²) in [6.07, 6.45) is 4.77. The molecule has 0 atom stereocenters. The Morgan fingerprint density at radius 2 is 0.768 bits per heavy atom. The van der Waals surface area contributed by atoms with Gasteiger partial charge in [-0.15, -0.1) is 10.2 Å². The molecule has 0 saturated carbocycles. The van der Waals surface area contributed by atoms with Crippen LogP contribution in [0.2, 0.25) is 0 Å². The van der Waals surface area contributed by atoms with Gasteiger partial charge in [-0.2, -0.15) is 19.8 Å². The van der Waals surface area contributed by atoms with Crippen LogP contribution in [0, 0.1) is 0 Å². The molecule has 0 spiro atoms. The van der Waals surface area contributed by atoms with Gasteiger partial charge >= 0.3 is 118 Å². The summed E-state index contributed by atoms with van der Waals surface area (Å²) in [5, 5.41) is 16.5. The second-order valence-electron chi connectivity index (χ2n) is 10.7. The average Bonchev–Trinajstić information content (AvgIpc) is 3.77. The Kier molecular flexibility index (Phi) is 17.9. The molecule has 6 aromatic rings. The zero-order valence-electron chi connectivity index (χ0n) is 29.6. The minimum atomic E-state index is -5.15. The molecule has 0 aliphatic rings. The first kappa shape index (κ1) is 50.7. The van der Waals surface area contributed by atoms with Gasteiger partial charge in [0.15, 0.2) is 0 Å². The zero-order chi connectivity index (χ0) is 37.6. The van der Waals surface area contributed by atoms with Crippen molar-refractivity contribution in [1.29, 1.82) is 0 Å². The van der Waals surface area contributed by atoms with Gasteiger partial charge in [0.25, 0.3) is 0 Å². The normalized spacial score (nSPS) is 11.9. The molecule has 4 aromatic carbocycles. The minimum absolute atomic E-state index is 0. The predicted octanol–water partition coefficient (Wildman–Crippen LogP) is -10.0. The first-order valence-electron chi connectivity index (χ1n) is 14.1. The van der Waals surface area contributed by atoms with Crippen molar-refractivity contribution in [2.75, 3.05) is 0 Å². The summed E-state index contributed by atoms with van der Waals surface area (Å²) in [6.45, 7) is 0. The van der Waals surface area contributed by atoms with Crippen molar-refractivity contribution in [1.82, 2.24) is 30.0 Å². The Bertz CT molecular complexity index is 2660. The van der Waals surface area contributed by atoms with Gasteiger partial charge in [-0.3, -0.25) is 0 Å². The molecule has 0 N–H and O–H groups in total. The van der Waals surface area contributed by atoms with E-state index in [-0.39, 0.29) is 152 Å². The molecular formula is C30H18N6Na4O12S4. The van der Waals surface area contributed by atoms with E-state index < -0.39 is 60.1 Å². The van der Waals surface area contributed by atoms with E-state index in [1.54, 1.807) is 0 Å². The van der Waals surface area contributed by atoms with Gasteiger partial charge in [-0.25, -0.2) is 33.7 Å². The molecule has 0 aliphatic heterocycles. The summed E-state index contributed by atoms with van der Waals surface area (Å²) >= 11 is 0. The standard InChI is InChI=1S/C30H22N6O12S4.4Na/c37-49(38,39)25-11-5-19(6-12-25)27-17-31-35(33-27)23-9-3-21(29(15-23)51(43,44)45)1-2-22-4-10-24(16-30(22)52(46,47)48)36-32-18-28(34-36)20-7-13-26(14-8-20)50(40,41)42;;;;/h1-18H,(H,37,38,39)(H,40,41,42)(H,43,44,45)(H,46,47,48);;;;/q;4*+1/p-4. The third kappa shape index (κ3) is 12.1. The van der Waals surface area contributed by atoms with Gasteiger partial charge in [0.1, 0.15) is 51.9 Å². The molecule has 0 bridgehead atoms. The topological polar surface area (TPSA) is 290 Å². The number of rotatable bonds is 10. The second kappa shape index (κ2) is 19.7. The van der Waals surface area contributed by atoms with Crippen LogP contribution >= 0.6 is 0 Å². The largest absolute Gasteiger partial charge is 1.00 e. The van der Waals surface area contributed by atoms with Crippen LogP contribution in [0.25, 0.3) is 46.0 Å². The molecule has 0 fully saturated rings. The molecule has 2 aromatic heterocycles. The molecule has 268 valence electrons. The third-order valence-electron chi connectivity index (χ3n) is 7.30. The maximum atomic E-state index is 12.3. The smallest absolute Gasteiger partial charge is 0.744 e. The fourth-order valence-electron chi connectivity index (χ4n) is 4.81. The maximum absolute atomic E-state index is 12.3. The molecular weight excluding hydrogens is 857 g/mol. The Morgan fingerprint density at radius 1 is 0.446 bits per heavy atom. The Labute approximate surface area is 409 Å². The van der Waals surface area contributed by atoms with Crippen LogP contribution in [-0.4, -0.2) is 81.9 Å². The quantitative estimate of drug-likeness (QED) is 0.0701. The number of hydrogen-bond acceptors (Lipinski definition) is 16. The van der Waals surface area contributed by atoms with Crippen LogP contribution < -0.4 is 118 Å². The van der Waals surface area contributed by atoms with Crippen LogP contribution in [0.4, 0.5) is 0 Å². The van der Waals surface area contributed by atoms with Crippen LogP contribution in [0.3, 0.4) is 0 Å². The Hall–Kier alpha value is -1.46. The number of nitrogens with zero attached hydrogens (tertiary/aromatic N) is 6. The molecule has 6 rings (SSSR count). The molecule has 26 heteroatoms. The van der Waals surface area contributed by atoms with Crippen molar-refractivity contribution in [2.45, 2.75) is 19.6 Å². The molecule has 0 aliphatic carbocycles. The van der Waals surface area contributed by atoms with Gasteiger partial charge in [-0.05, 0) is 59.7 Å². The SMILES string of the molecule is O=S(=O)([O-])c1ccc(-c2cnn(-c3ccc(C=Cc4ccc(-n5ncc(-c6ccc(S(=O)(=O)[O-])cc6)n5)cc4S(=O)(=O)[O-])c(S(=O)(=O)[O-])c3)n2)cc1.[Na+].[Na+].[Na+].[Na+]. The van der Waals surface area contributed by atoms with Crippen molar-refractivity contribution in [3.8, 4) is 33.9 Å². The van der Waals surface area contributed by atoms with Gasteiger partial charge in [-0.1, -0.05) is 48.6 Å². The van der Waals surface area contributed by atoms with Gasteiger partial charge in [0.2, 0.25) is 0 Å². The van der Waals surface area contributed by atoms with Crippen molar-refractivity contribution >= 4 is 52.6 Å². The summed E-state index contributed by atoms with van der Waals surface area (Å²) in [7, 11) is -19.6. The predicted molar refractivity (Wildman–Crippen MR) is 174 cm³/mol. The zero-order valence-corrected chi connectivity index (χ0v) is 40.9. The minimum Gasteiger partial charge on any atom is -0.744 e. The van der Waals surface area contributed by atoms with Crippen molar-refractivity contribution < 1.29 is 170 Å². The number of benzene rings is 4. The number of aromatic nitrogens is 6. The van der Waals surface area contributed by atoms with E-state index in [2.05, 4.69) is 20.4 Å². The van der Waals surface area contributed by atoms with Crippen LogP contribution in [0.15, 0.2) is 117 Å². The van der Waals surface area contributed by atoms with E-state index in [1.165, 1.54) is 60.9 Å². The second-order valence-corrected chi connectivity index (χ2v) is 16.1. The summed E-state index contributed by atoms with van der Waals surface area (Å²) in [5.41, 5.74) is 0.894. The van der Waals surface area contributed by atoms with Crippen molar-refractivity contribution in [3.63, 3.8) is 0 Å². The number of hydrogen-bond donors (Lipinski definition) is 0. The summed E-state index contributed by atoms with van der Waals surface area (Å²) < 4.78 is 141. The van der Waals surface area contributed by atoms with Crippen LogP contribution in [-0.2, 0) is 40.5 Å². The van der Waals surface area contributed by atoms with E-state index in [4.69, 9.17) is 0 Å². The molecule has 18 nitrogen and oxygen atoms in total. The fourth-order valence-corrected chi connectivity index (χ4v) is 7.13. The average molecular weight is 875 g/mol. The Morgan fingerprint density at radius 3 is 1.05 bits per heavy atom. The first-order chi connectivity index (χ1) is 24.3.